The fourth-order valence-electron chi connectivity index (χ4n) is 1.63. The summed E-state index contributed by atoms with van der Waals surface area (Å²) in [6, 6.07) is 2.07. The van der Waals surface area contributed by atoms with Crippen molar-refractivity contribution < 1.29 is 0 Å². The molecule has 3 heteroatoms. The number of imidazole rings is 1. The predicted molar refractivity (Wildman–Crippen MR) is 61.2 cm³/mol. The van der Waals surface area contributed by atoms with Crippen LogP contribution < -0.4 is 0 Å². The summed E-state index contributed by atoms with van der Waals surface area (Å²) in [5.74, 6) is 0.803. The zero-order valence-electron chi connectivity index (χ0n) is 10.00. The second-order valence-electron chi connectivity index (χ2n) is 5.09. The lowest BCUT2D eigenvalue weighted by Crippen LogP contribution is -2.11. The standard InChI is InChI=1S/C12H17N3/c1-8-6-9(2)15-7-10(12(3,4)5)14-11(15)13-8/h6-7H,1-5H3. The monoisotopic (exact) mass is 203 g/mol. The molecule has 3 nitrogen and oxygen atoms in total. The summed E-state index contributed by atoms with van der Waals surface area (Å²) in [5, 5.41) is 0. The van der Waals surface area contributed by atoms with Crippen LogP contribution in [0.4, 0.5) is 0 Å². The molecule has 0 atom stereocenters. The predicted octanol–water partition coefficient (Wildman–Crippen LogP) is 2.64. The van der Waals surface area contributed by atoms with Crippen molar-refractivity contribution in [1.29, 1.82) is 0 Å². The maximum atomic E-state index is 4.56. The molecule has 0 saturated carbocycles. The zero-order chi connectivity index (χ0) is 11.2. The van der Waals surface area contributed by atoms with Gasteiger partial charge in [-0.1, -0.05) is 20.8 Å². The van der Waals surface area contributed by atoms with Crippen molar-refractivity contribution in [3.63, 3.8) is 0 Å². The van der Waals surface area contributed by atoms with E-state index in [4.69, 9.17) is 0 Å². The SMILES string of the molecule is Cc1cc(C)n2cc(C(C)(C)C)nc2n1. The normalized spacial score (nSPS) is 12.3. The summed E-state index contributed by atoms with van der Waals surface area (Å²) in [6.45, 7) is 10.6. The van der Waals surface area contributed by atoms with Gasteiger partial charge in [0.25, 0.3) is 0 Å². The number of nitrogens with zero attached hydrogens (tertiary/aromatic N) is 3. The molecule has 2 aromatic rings. The van der Waals surface area contributed by atoms with Crippen LogP contribution in [0.3, 0.4) is 0 Å². The summed E-state index contributed by atoms with van der Waals surface area (Å²) < 4.78 is 2.05. The minimum atomic E-state index is 0.0774. The number of aryl methyl sites for hydroxylation is 2. The van der Waals surface area contributed by atoms with Gasteiger partial charge in [0.05, 0.1) is 5.69 Å². The Balaban J connectivity index is 2.71. The van der Waals surface area contributed by atoms with E-state index in [9.17, 15) is 0 Å². The highest BCUT2D eigenvalue weighted by molar-refractivity contribution is 5.36. The van der Waals surface area contributed by atoms with Crippen molar-refractivity contribution in [2.45, 2.75) is 40.0 Å². The van der Waals surface area contributed by atoms with Crippen LogP contribution in [-0.2, 0) is 5.41 Å². The lowest BCUT2D eigenvalue weighted by atomic mass is 9.93. The fraction of sp³-hybridized carbons (Fsp3) is 0.500. The number of hydrogen-bond donors (Lipinski definition) is 0. The van der Waals surface area contributed by atoms with E-state index in [0.29, 0.717) is 0 Å². The van der Waals surface area contributed by atoms with Crippen molar-refractivity contribution in [2.75, 3.05) is 0 Å². The van der Waals surface area contributed by atoms with Crippen LogP contribution >= 0.6 is 0 Å². The van der Waals surface area contributed by atoms with Gasteiger partial charge in [0.1, 0.15) is 0 Å². The third-order valence-electron chi connectivity index (χ3n) is 2.53. The first kappa shape index (κ1) is 10.1. The molecule has 2 heterocycles. The first-order valence-electron chi connectivity index (χ1n) is 5.22. The van der Waals surface area contributed by atoms with Gasteiger partial charge in [-0.15, -0.1) is 0 Å². The van der Waals surface area contributed by atoms with Gasteiger partial charge < -0.3 is 0 Å². The van der Waals surface area contributed by atoms with Crippen LogP contribution in [0.1, 0.15) is 37.9 Å². The van der Waals surface area contributed by atoms with Gasteiger partial charge in [-0.2, -0.15) is 0 Å². The van der Waals surface area contributed by atoms with Gasteiger partial charge >= 0.3 is 0 Å². The molecule has 0 spiro atoms. The van der Waals surface area contributed by atoms with Gasteiger partial charge in [-0.3, -0.25) is 4.40 Å². The van der Waals surface area contributed by atoms with Crippen LogP contribution in [0, 0.1) is 13.8 Å². The smallest absolute Gasteiger partial charge is 0.234 e. The minimum absolute atomic E-state index is 0.0774. The molecular formula is C12H17N3. The van der Waals surface area contributed by atoms with Crippen LogP contribution in [0.5, 0.6) is 0 Å². The molecular weight excluding hydrogens is 186 g/mol. The van der Waals surface area contributed by atoms with Crippen molar-refractivity contribution in [3.05, 3.63) is 29.3 Å². The van der Waals surface area contributed by atoms with Gasteiger partial charge in [-0.05, 0) is 19.9 Å². The topological polar surface area (TPSA) is 30.2 Å². The Hall–Kier alpha value is -1.38. The lowest BCUT2D eigenvalue weighted by molar-refractivity contribution is 0.573. The Morgan fingerprint density at radius 3 is 2.40 bits per heavy atom. The summed E-state index contributed by atoms with van der Waals surface area (Å²) >= 11 is 0. The van der Waals surface area contributed by atoms with E-state index in [2.05, 4.69) is 49.9 Å². The summed E-state index contributed by atoms with van der Waals surface area (Å²) in [4.78, 5) is 8.98. The number of rotatable bonds is 0. The summed E-state index contributed by atoms with van der Waals surface area (Å²) in [6.07, 6.45) is 2.08. The molecule has 0 unspecified atom stereocenters. The number of hydrogen-bond acceptors (Lipinski definition) is 2. The van der Waals surface area contributed by atoms with Crippen molar-refractivity contribution in [2.24, 2.45) is 0 Å². The lowest BCUT2D eigenvalue weighted by Gasteiger charge is -2.13. The van der Waals surface area contributed by atoms with Crippen molar-refractivity contribution in [3.8, 4) is 0 Å². The van der Waals surface area contributed by atoms with Gasteiger partial charge in [-0.25, -0.2) is 9.97 Å². The molecule has 0 amide bonds. The van der Waals surface area contributed by atoms with E-state index >= 15 is 0 Å². The average Bonchev–Trinajstić information content (AvgIpc) is 2.46. The number of aromatic nitrogens is 3. The van der Waals surface area contributed by atoms with Crippen LogP contribution in [-0.4, -0.2) is 14.4 Å². The molecule has 0 aromatic carbocycles. The Kier molecular flexibility index (Phi) is 2.07. The molecule has 15 heavy (non-hydrogen) atoms. The van der Waals surface area contributed by atoms with E-state index in [-0.39, 0.29) is 5.41 Å². The molecule has 0 aliphatic carbocycles. The molecule has 0 fully saturated rings. The zero-order valence-corrected chi connectivity index (χ0v) is 10.00. The van der Waals surface area contributed by atoms with E-state index in [1.807, 2.05) is 11.3 Å². The molecule has 0 saturated heterocycles. The van der Waals surface area contributed by atoms with Gasteiger partial charge in [0.2, 0.25) is 5.78 Å². The van der Waals surface area contributed by atoms with E-state index < -0.39 is 0 Å². The average molecular weight is 203 g/mol. The Morgan fingerprint density at radius 2 is 1.80 bits per heavy atom. The van der Waals surface area contributed by atoms with E-state index in [1.165, 1.54) is 5.69 Å². The molecule has 0 N–H and O–H groups in total. The summed E-state index contributed by atoms with van der Waals surface area (Å²) in [5.41, 5.74) is 3.36. The van der Waals surface area contributed by atoms with Crippen LogP contribution in [0.15, 0.2) is 12.3 Å². The van der Waals surface area contributed by atoms with Gasteiger partial charge in [0, 0.05) is 23.0 Å². The Morgan fingerprint density at radius 1 is 1.13 bits per heavy atom. The second-order valence-corrected chi connectivity index (χ2v) is 5.09. The third kappa shape index (κ3) is 1.74. The highest BCUT2D eigenvalue weighted by Gasteiger charge is 2.18. The van der Waals surface area contributed by atoms with Crippen LogP contribution in [0.25, 0.3) is 5.78 Å². The molecule has 0 aliphatic heterocycles. The second kappa shape index (κ2) is 3.05. The highest BCUT2D eigenvalue weighted by atomic mass is 15.1. The molecule has 0 aliphatic rings. The third-order valence-corrected chi connectivity index (χ3v) is 2.53. The molecule has 0 radical (unpaired) electrons. The Bertz CT molecular complexity index is 503. The van der Waals surface area contributed by atoms with Gasteiger partial charge in [0.15, 0.2) is 0 Å². The number of fused-ring (bicyclic) bond motifs is 1. The first-order chi connectivity index (χ1) is 6.88. The first-order valence-corrected chi connectivity index (χ1v) is 5.22. The highest BCUT2D eigenvalue weighted by Crippen LogP contribution is 2.21. The Labute approximate surface area is 90.2 Å². The quantitative estimate of drug-likeness (QED) is 0.659. The van der Waals surface area contributed by atoms with Crippen molar-refractivity contribution in [1.82, 2.24) is 14.4 Å². The largest absolute Gasteiger partial charge is 0.288 e. The molecule has 2 rings (SSSR count). The minimum Gasteiger partial charge on any atom is -0.288 e. The van der Waals surface area contributed by atoms with E-state index in [0.717, 1.165) is 17.2 Å². The maximum Gasteiger partial charge on any atom is 0.234 e. The fourth-order valence-corrected chi connectivity index (χ4v) is 1.63. The molecule has 80 valence electrons. The van der Waals surface area contributed by atoms with E-state index in [1.54, 1.807) is 0 Å². The summed E-state index contributed by atoms with van der Waals surface area (Å²) in [7, 11) is 0. The van der Waals surface area contributed by atoms with Crippen molar-refractivity contribution >= 4 is 5.78 Å². The van der Waals surface area contributed by atoms with Crippen LogP contribution in [0.2, 0.25) is 0 Å². The molecule has 2 aromatic heterocycles. The maximum absolute atomic E-state index is 4.56. The molecule has 0 bridgehead atoms.